The third kappa shape index (κ3) is 4.52. The van der Waals surface area contributed by atoms with Gasteiger partial charge < -0.3 is 10.3 Å². The number of carbonyl (C=O) groups excluding carboxylic acids is 1. The van der Waals surface area contributed by atoms with Gasteiger partial charge in [0.25, 0.3) is 0 Å². The van der Waals surface area contributed by atoms with E-state index in [2.05, 4.69) is 69.7 Å². The van der Waals surface area contributed by atoms with Gasteiger partial charge in [-0.15, -0.1) is 0 Å². The molecule has 0 fully saturated rings. The van der Waals surface area contributed by atoms with Gasteiger partial charge >= 0.3 is 0 Å². The predicted molar refractivity (Wildman–Crippen MR) is 151 cm³/mol. The van der Waals surface area contributed by atoms with Crippen LogP contribution in [0.3, 0.4) is 0 Å². The number of benzene rings is 2. The molecule has 2 aromatic carbocycles. The van der Waals surface area contributed by atoms with Crippen LogP contribution in [-0.2, 0) is 4.79 Å². The first-order chi connectivity index (χ1) is 18.6. The van der Waals surface area contributed by atoms with E-state index in [0.29, 0.717) is 29.1 Å². The van der Waals surface area contributed by atoms with Gasteiger partial charge in [-0.2, -0.15) is 5.10 Å². The van der Waals surface area contributed by atoms with Crippen LogP contribution >= 0.6 is 0 Å². The zero-order chi connectivity index (χ0) is 26.1. The number of fused-ring (bicyclic) bond motifs is 2. The summed E-state index contributed by atoms with van der Waals surface area (Å²) in [5.74, 6) is 0.632. The maximum Gasteiger partial charge on any atom is 0.224 e. The molecule has 4 heterocycles. The van der Waals surface area contributed by atoms with Gasteiger partial charge in [0.1, 0.15) is 5.52 Å². The quantitative estimate of drug-likeness (QED) is 0.226. The molecule has 0 bridgehead atoms. The molecule has 0 aliphatic heterocycles. The number of H-pyrrole nitrogens is 2. The molecule has 0 atom stereocenters. The number of unbranched alkanes of at least 4 members (excludes halogenated alkanes) is 1. The second kappa shape index (κ2) is 9.89. The van der Waals surface area contributed by atoms with E-state index >= 15 is 0 Å². The number of hydrogen-bond acceptors (Lipinski definition) is 5. The fraction of sp³-hybridized carbons (Fsp3) is 0.167. The summed E-state index contributed by atoms with van der Waals surface area (Å²) in [4.78, 5) is 29.8. The van der Waals surface area contributed by atoms with Crippen molar-refractivity contribution in [1.29, 1.82) is 0 Å². The Kier molecular flexibility index (Phi) is 6.13. The number of imidazole rings is 1. The summed E-state index contributed by atoms with van der Waals surface area (Å²) in [5.41, 5.74) is 9.54. The molecular formula is C30H27N7O. The van der Waals surface area contributed by atoms with Gasteiger partial charge in [-0.3, -0.25) is 14.9 Å². The Labute approximate surface area is 219 Å². The fourth-order valence-corrected chi connectivity index (χ4v) is 4.62. The van der Waals surface area contributed by atoms with Crippen LogP contribution in [0.1, 0.15) is 31.7 Å². The van der Waals surface area contributed by atoms with Crippen molar-refractivity contribution in [1.82, 2.24) is 30.1 Å². The van der Waals surface area contributed by atoms with Gasteiger partial charge in [0, 0.05) is 23.7 Å². The zero-order valence-corrected chi connectivity index (χ0v) is 21.2. The van der Waals surface area contributed by atoms with Gasteiger partial charge in [-0.1, -0.05) is 55.3 Å². The number of aromatic amines is 2. The van der Waals surface area contributed by atoms with E-state index in [4.69, 9.17) is 9.97 Å². The highest BCUT2D eigenvalue weighted by atomic mass is 16.1. The molecule has 0 saturated carbocycles. The van der Waals surface area contributed by atoms with Crippen LogP contribution in [0, 0.1) is 6.92 Å². The van der Waals surface area contributed by atoms with E-state index in [1.807, 2.05) is 30.3 Å². The Morgan fingerprint density at radius 2 is 1.82 bits per heavy atom. The maximum absolute atomic E-state index is 12.2. The number of nitrogens with zero attached hydrogens (tertiary/aromatic N) is 4. The second-order valence-corrected chi connectivity index (χ2v) is 9.44. The van der Waals surface area contributed by atoms with E-state index in [1.54, 1.807) is 12.4 Å². The highest BCUT2D eigenvalue weighted by molar-refractivity contribution is 5.96. The van der Waals surface area contributed by atoms with Gasteiger partial charge in [-0.25, -0.2) is 9.97 Å². The van der Waals surface area contributed by atoms with Gasteiger partial charge in [0.05, 0.1) is 34.1 Å². The lowest BCUT2D eigenvalue weighted by atomic mass is 10.0. The first-order valence-corrected chi connectivity index (χ1v) is 12.8. The summed E-state index contributed by atoms with van der Waals surface area (Å²) in [6.45, 7) is 4.15. The smallest absolute Gasteiger partial charge is 0.224 e. The average Bonchev–Trinajstić information content (AvgIpc) is 3.55. The Morgan fingerprint density at radius 3 is 2.68 bits per heavy atom. The van der Waals surface area contributed by atoms with Gasteiger partial charge in [0.2, 0.25) is 5.91 Å². The first-order valence-electron chi connectivity index (χ1n) is 12.8. The minimum atomic E-state index is -0.0127. The van der Waals surface area contributed by atoms with Crippen molar-refractivity contribution in [2.24, 2.45) is 0 Å². The number of carbonyl (C=O) groups is 1. The topological polar surface area (TPSA) is 112 Å². The normalized spacial score (nSPS) is 11.3. The van der Waals surface area contributed by atoms with Crippen LogP contribution < -0.4 is 5.32 Å². The molecule has 3 N–H and O–H groups in total. The molecule has 0 spiro atoms. The van der Waals surface area contributed by atoms with E-state index in [1.165, 1.54) is 5.56 Å². The van der Waals surface area contributed by atoms with Crippen molar-refractivity contribution in [3.8, 4) is 33.9 Å². The Hall–Kier alpha value is -4.85. The lowest BCUT2D eigenvalue weighted by molar-refractivity contribution is -0.116. The molecule has 0 radical (unpaired) electrons. The van der Waals surface area contributed by atoms with E-state index < -0.39 is 0 Å². The molecular weight excluding hydrogens is 474 g/mol. The van der Waals surface area contributed by atoms with Crippen molar-refractivity contribution in [2.45, 2.75) is 33.1 Å². The molecule has 38 heavy (non-hydrogen) atoms. The Balaban J connectivity index is 1.37. The number of nitrogens with one attached hydrogen (secondary N) is 3. The van der Waals surface area contributed by atoms with Gasteiger partial charge in [0.15, 0.2) is 11.5 Å². The molecule has 8 heteroatoms. The minimum absolute atomic E-state index is 0.0127. The second-order valence-electron chi connectivity index (χ2n) is 9.44. The van der Waals surface area contributed by atoms with Crippen molar-refractivity contribution in [3.05, 3.63) is 78.6 Å². The molecule has 0 unspecified atom stereocenters. The summed E-state index contributed by atoms with van der Waals surface area (Å²) >= 11 is 0. The van der Waals surface area contributed by atoms with Crippen LogP contribution in [0.25, 0.3) is 56.0 Å². The van der Waals surface area contributed by atoms with Crippen molar-refractivity contribution < 1.29 is 4.79 Å². The number of hydrogen-bond donors (Lipinski definition) is 3. The average molecular weight is 502 g/mol. The van der Waals surface area contributed by atoms with Crippen LogP contribution in [0.5, 0.6) is 0 Å². The molecule has 1 amide bonds. The summed E-state index contributed by atoms with van der Waals surface area (Å²) in [6, 6.07) is 20.3. The van der Waals surface area contributed by atoms with Crippen LogP contribution in [0.4, 0.5) is 5.69 Å². The number of aromatic nitrogens is 6. The third-order valence-electron chi connectivity index (χ3n) is 6.55. The summed E-state index contributed by atoms with van der Waals surface area (Å²) in [5, 5.41) is 10.5. The van der Waals surface area contributed by atoms with Crippen molar-refractivity contribution in [2.75, 3.05) is 5.32 Å². The predicted octanol–water partition coefficient (Wildman–Crippen LogP) is 6.67. The zero-order valence-electron chi connectivity index (χ0n) is 21.2. The van der Waals surface area contributed by atoms with E-state index in [-0.39, 0.29) is 5.91 Å². The number of rotatable bonds is 7. The largest absolute Gasteiger partial charge is 0.336 e. The van der Waals surface area contributed by atoms with E-state index in [0.717, 1.165) is 51.8 Å². The Morgan fingerprint density at radius 1 is 0.921 bits per heavy atom. The van der Waals surface area contributed by atoms with Gasteiger partial charge in [-0.05, 0) is 43.2 Å². The molecule has 0 aliphatic rings. The molecule has 8 nitrogen and oxygen atoms in total. The first kappa shape index (κ1) is 23.5. The Bertz CT molecular complexity index is 1780. The monoisotopic (exact) mass is 501 g/mol. The van der Waals surface area contributed by atoms with Crippen molar-refractivity contribution >= 4 is 33.7 Å². The fourth-order valence-electron chi connectivity index (χ4n) is 4.62. The molecule has 4 aromatic heterocycles. The standard InChI is InChI=1S/C30H27N7O/c1-3-4-11-26(38)32-21-15-20(16-31-17-21)23-12-13-25-28(33-23)29(37-36-25)30-34-24-10-6-9-22(27(24)35-30)19-8-5-7-18(2)14-19/h5-10,12-17H,3-4,11H2,1-2H3,(H,32,38)(H,34,35)(H,36,37). The van der Waals surface area contributed by atoms with Crippen LogP contribution in [0.2, 0.25) is 0 Å². The van der Waals surface area contributed by atoms with E-state index in [9.17, 15) is 4.79 Å². The number of anilines is 1. The summed E-state index contributed by atoms with van der Waals surface area (Å²) in [6.07, 6.45) is 5.71. The molecule has 6 aromatic rings. The number of aryl methyl sites for hydroxylation is 1. The highest BCUT2D eigenvalue weighted by Crippen LogP contribution is 2.32. The van der Waals surface area contributed by atoms with Crippen LogP contribution in [-0.4, -0.2) is 36.0 Å². The number of amides is 1. The van der Waals surface area contributed by atoms with Crippen LogP contribution in [0.15, 0.2) is 73.1 Å². The SMILES string of the molecule is CCCCC(=O)Nc1cncc(-c2ccc3[nH]nc(-c4nc5c(-c6cccc(C)c6)cccc5[nH]4)c3n2)c1. The molecule has 188 valence electrons. The minimum Gasteiger partial charge on any atom is -0.336 e. The number of pyridine rings is 2. The maximum atomic E-state index is 12.2. The lowest BCUT2D eigenvalue weighted by Crippen LogP contribution is -2.11. The van der Waals surface area contributed by atoms with Crippen molar-refractivity contribution in [3.63, 3.8) is 0 Å². The number of para-hydroxylation sites is 1. The molecule has 6 rings (SSSR count). The lowest BCUT2D eigenvalue weighted by Gasteiger charge is -2.07. The third-order valence-corrected chi connectivity index (χ3v) is 6.55. The summed E-state index contributed by atoms with van der Waals surface area (Å²) < 4.78 is 0. The highest BCUT2D eigenvalue weighted by Gasteiger charge is 2.17. The molecule has 0 saturated heterocycles. The molecule has 0 aliphatic carbocycles. The summed E-state index contributed by atoms with van der Waals surface area (Å²) in [7, 11) is 0.